The van der Waals surface area contributed by atoms with Crippen molar-refractivity contribution in [3.05, 3.63) is 65.2 Å². The summed E-state index contributed by atoms with van der Waals surface area (Å²) in [6, 6.07) is 6.33. The average Bonchev–Trinajstić information content (AvgIpc) is 2.86. The van der Waals surface area contributed by atoms with E-state index in [0.29, 0.717) is 22.7 Å². The first-order valence-corrected chi connectivity index (χ1v) is 8.60. The van der Waals surface area contributed by atoms with Crippen LogP contribution in [0.5, 0.6) is 5.75 Å². The van der Waals surface area contributed by atoms with Crippen molar-refractivity contribution in [3.63, 3.8) is 0 Å². The Morgan fingerprint density at radius 1 is 1.25 bits per heavy atom. The number of nitrogens with one attached hydrogen (secondary N) is 1. The molecule has 0 radical (unpaired) electrons. The van der Waals surface area contributed by atoms with E-state index in [-0.39, 0.29) is 0 Å². The molecule has 2 aromatic rings. The van der Waals surface area contributed by atoms with Gasteiger partial charge in [0.15, 0.2) is 0 Å². The predicted octanol–water partition coefficient (Wildman–Crippen LogP) is 4.12. The van der Waals surface area contributed by atoms with Crippen molar-refractivity contribution in [2.45, 2.75) is 37.8 Å². The summed E-state index contributed by atoms with van der Waals surface area (Å²) in [5.41, 5.74) is 2.23. The number of rotatable bonds is 5. The molecule has 0 saturated heterocycles. The van der Waals surface area contributed by atoms with Crippen LogP contribution in [0.25, 0.3) is 0 Å². The van der Waals surface area contributed by atoms with Gasteiger partial charge in [0.2, 0.25) is 0 Å². The molecule has 1 heterocycles. The zero-order valence-electron chi connectivity index (χ0n) is 13.8. The molecule has 2 unspecified atom stereocenters. The Kier molecular flexibility index (Phi) is 5.83. The minimum absolute atomic E-state index is 0.411. The number of ether oxygens (including phenoxy) is 1. The molecule has 0 spiro atoms. The quantitative estimate of drug-likeness (QED) is 0.829. The lowest BCUT2D eigenvalue weighted by molar-refractivity contribution is 0.414. The van der Waals surface area contributed by atoms with Crippen LogP contribution in [-0.4, -0.2) is 23.1 Å². The first-order chi connectivity index (χ1) is 11.8. The van der Waals surface area contributed by atoms with Gasteiger partial charge in [0.05, 0.1) is 17.8 Å². The van der Waals surface area contributed by atoms with E-state index in [0.717, 1.165) is 37.1 Å². The van der Waals surface area contributed by atoms with E-state index >= 15 is 0 Å². The maximum Gasteiger partial charge on any atom is 0.137 e. The van der Waals surface area contributed by atoms with Gasteiger partial charge in [-0.2, -0.15) is 0 Å². The molecule has 3 rings (SSSR count). The van der Waals surface area contributed by atoms with Crippen molar-refractivity contribution < 1.29 is 4.74 Å². The van der Waals surface area contributed by atoms with E-state index in [2.05, 4.69) is 27.4 Å². The Labute approximate surface area is 147 Å². The van der Waals surface area contributed by atoms with E-state index < -0.39 is 0 Å². The van der Waals surface area contributed by atoms with Crippen LogP contribution >= 0.6 is 11.6 Å². The Balaban J connectivity index is 1.62. The van der Waals surface area contributed by atoms with Crippen LogP contribution < -0.4 is 10.1 Å². The molecule has 5 heteroatoms. The Morgan fingerprint density at radius 2 is 2.12 bits per heavy atom. The van der Waals surface area contributed by atoms with Crippen LogP contribution in [0.2, 0.25) is 5.02 Å². The molecular formula is C19H22ClN3O. The number of halogens is 1. The van der Waals surface area contributed by atoms with Crippen molar-refractivity contribution in [1.29, 1.82) is 0 Å². The Morgan fingerprint density at radius 3 is 2.88 bits per heavy atom. The standard InChI is InChI=1S/C19H22ClN3O/c1-24-19-7-6-14(10-17(19)20)12-23-16-5-3-2-4-15(11-16)18-13-21-8-9-22-18/h2-3,6-10,13,15-16,23H,4-5,11-12H2,1H3. The third kappa shape index (κ3) is 4.34. The molecule has 2 atom stereocenters. The lowest BCUT2D eigenvalue weighted by Crippen LogP contribution is -2.29. The average molecular weight is 344 g/mol. The van der Waals surface area contributed by atoms with Gasteiger partial charge in [-0.05, 0) is 37.0 Å². The van der Waals surface area contributed by atoms with Gasteiger partial charge in [-0.25, -0.2) is 0 Å². The minimum atomic E-state index is 0.411. The Hall–Kier alpha value is -1.91. The second kappa shape index (κ2) is 8.27. The molecule has 0 saturated carbocycles. The van der Waals surface area contributed by atoms with Gasteiger partial charge in [-0.1, -0.05) is 29.8 Å². The predicted molar refractivity (Wildman–Crippen MR) is 96.4 cm³/mol. The fraction of sp³-hybridized carbons (Fsp3) is 0.368. The number of allylic oxidation sites excluding steroid dienone is 1. The first kappa shape index (κ1) is 16.9. The summed E-state index contributed by atoms with van der Waals surface area (Å²) < 4.78 is 5.20. The van der Waals surface area contributed by atoms with E-state index in [1.54, 1.807) is 19.5 Å². The molecule has 24 heavy (non-hydrogen) atoms. The molecule has 1 aliphatic rings. The minimum Gasteiger partial charge on any atom is -0.495 e. The molecule has 0 fully saturated rings. The fourth-order valence-corrected chi connectivity index (χ4v) is 3.35. The maximum atomic E-state index is 6.20. The lowest BCUT2D eigenvalue weighted by Gasteiger charge is -2.21. The molecule has 1 aromatic carbocycles. The number of aromatic nitrogens is 2. The normalized spacial score (nSPS) is 20.6. The van der Waals surface area contributed by atoms with Gasteiger partial charge in [-0.15, -0.1) is 0 Å². The summed E-state index contributed by atoms with van der Waals surface area (Å²) >= 11 is 6.20. The second-order valence-electron chi connectivity index (χ2n) is 6.05. The number of methoxy groups -OCH3 is 1. The molecule has 4 nitrogen and oxygen atoms in total. The molecule has 0 bridgehead atoms. The van der Waals surface area contributed by atoms with Crippen LogP contribution in [0.3, 0.4) is 0 Å². The van der Waals surface area contributed by atoms with Crippen molar-refractivity contribution in [1.82, 2.24) is 15.3 Å². The smallest absolute Gasteiger partial charge is 0.137 e. The van der Waals surface area contributed by atoms with Crippen LogP contribution in [-0.2, 0) is 6.54 Å². The largest absolute Gasteiger partial charge is 0.495 e. The van der Waals surface area contributed by atoms with Crippen LogP contribution in [0.1, 0.15) is 36.4 Å². The zero-order chi connectivity index (χ0) is 16.8. The molecule has 0 aliphatic heterocycles. The molecule has 0 amide bonds. The summed E-state index contributed by atoms with van der Waals surface area (Å²) in [4.78, 5) is 8.67. The number of hydrogen-bond donors (Lipinski definition) is 1. The highest BCUT2D eigenvalue weighted by atomic mass is 35.5. The highest BCUT2D eigenvalue weighted by Gasteiger charge is 2.20. The summed E-state index contributed by atoms with van der Waals surface area (Å²) in [5.74, 6) is 1.12. The number of benzene rings is 1. The van der Waals surface area contributed by atoms with Crippen molar-refractivity contribution in [3.8, 4) is 5.75 Å². The molecule has 1 aliphatic carbocycles. The van der Waals surface area contributed by atoms with E-state index in [1.807, 2.05) is 24.4 Å². The maximum absolute atomic E-state index is 6.20. The summed E-state index contributed by atoms with van der Waals surface area (Å²) in [6.45, 7) is 0.787. The van der Waals surface area contributed by atoms with E-state index in [9.17, 15) is 0 Å². The monoisotopic (exact) mass is 343 g/mol. The van der Waals surface area contributed by atoms with Crippen molar-refractivity contribution >= 4 is 11.6 Å². The second-order valence-corrected chi connectivity index (χ2v) is 6.46. The third-order valence-corrected chi connectivity index (χ3v) is 4.68. The summed E-state index contributed by atoms with van der Waals surface area (Å²) in [5, 5.41) is 4.29. The molecular weight excluding hydrogens is 322 g/mol. The molecule has 126 valence electrons. The first-order valence-electron chi connectivity index (χ1n) is 8.23. The molecule has 1 aromatic heterocycles. The van der Waals surface area contributed by atoms with Crippen molar-refractivity contribution in [2.75, 3.05) is 7.11 Å². The SMILES string of the molecule is COc1ccc(CNC2CC=CCC(c3cnccn3)C2)cc1Cl. The van der Waals surface area contributed by atoms with E-state index in [1.165, 1.54) is 0 Å². The highest BCUT2D eigenvalue weighted by Crippen LogP contribution is 2.28. The van der Waals surface area contributed by atoms with Crippen LogP contribution in [0, 0.1) is 0 Å². The van der Waals surface area contributed by atoms with Gasteiger partial charge in [0.1, 0.15) is 5.75 Å². The fourth-order valence-electron chi connectivity index (χ4n) is 3.07. The summed E-state index contributed by atoms with van der Waals surface area (Å²) in [6.07, 6.45) is 13.0. The van der Waals surface area contributed by atoms with E-state index in [4.69, 9.17) is 16.3 Å². The van der Waals surface area contributed by atoms with Gasteiger partial charge in [0, 0.05) is 37.1 Å². The number of nitrogens with zero attached hydrogens (tertiary/aromatic N) is 2. The topological polar surface area (TPSA) is 47.0 Å². The van der Waals surface area contributed by atoms with Gasteiger partial charge in [-0.3, -0.25) is 9.97 Å². The zero-order valence-corrected chi connectivity index (χ0v) is 14.5. The third-order valence-electron chi connectivity index (χ3n) is 4.39. The van der Waals surface area contributed by atoms with Gasteiger partial charge >= 0.3 is 0 Å². The van der Waals surface area contributed by atoms with Crippen LogP contribution in [0.4, 0.5) is 0 Å². The summed E-state index contributed by atoms with van der Waals surface area (Å²) in [7, 11) is 1.63. The number of hydrogen-bond acceptors (Lipinski definition) is 4. The van der Waals surface area contributed by atoms with Gasteiger partial charge in [0.25, 0.3) is 0 Å². The molecule has 1 N–H and O–H groups in total. The van der Waals surface area contributed by atoms with Crippen LogP contribution in [0.15, 0.2) is 48.9 Å². The highest BCUT2D eigenvalue weighted by molar-refractivity contribution is 6.32. The Bertz CT molecular complexity index is 690. The van der Waals surface area contributed by atoms with Gasteiger partial charge < -0.3 is 10.1 Å². The lowest BCUT2D eigenvalue weighted by atomic mass is 9.94. The van der Waals surface area contributed by atoms with Crippen molar-refractivity contribution in [2.24, 2.45) is 0 Å².